The Morgan fingerprint density at radius 3 is 2.53 bits per heavy atom. The fraction of sp³-hybridized carbons (Fsp3) is 0.214. The number of fused-ring (bicyclic) bond motifs is 2. The molecule has 10 nitrogen and oxygen atoms in total. The number of nitrogens with zero attached hydrogens (tertiary/aromatic N) is 5. The first-order valence-corrected chi connectivity index (χ1v) is 12.2. The van der Waals surface area contributed by atoms with Gasteiger partial charge in [-0.3, -0.25) is 9.69 Å². The Morgan fingerprint density at radius 1 is 0.947 bits per heavy atom. The number of aromatic amines is 1. The van der Waals surface area contributed by atoms with Gasteiger partial charge in [-0.25, -0.2) is 4.68 Å². The van der Waals surface area contributed by atoms with Crippen molar-refractivity contribution in [3.8, 4) is 17.2 Å². The summed E-state index contributed by atoms with van der Waals surface area (Å²) in [6.07, 6.45) is 0. The van der Waals surface area contributed by atoms with Gasteiger partial charge in [0.05, 0.1) is 25.7 Å². The normalized spacial score (nSPS) is 12.4. The van der Waals surface area contributed by atoms with E-state index in [1.807, 2.05) is 66.7 Å². The van der Waals surface area contributed by atoms with Crippen molar-refractivity contribution in [1.82, 2.24) is 30.1 Å². The van der Waals surface area contributed by atoms with Crippen LogP contribution in [-0.2, 0) is 26.2 Å². The van der Waals surface area contributed by atoms with E-state index < -0.39 is 0 Å². The van der Waals surface area contributed by atoms with E-state index in [0.29, 0.717) is 54.6 Å². The Hall–Kier alpha value is -4.70. The summed E-state index contributed by atoms with van der Waals surface area (Å²) in [5, 5.41) is 13.3. The first-order chi connectivity index (χ1) is 18.6. The van der Waals surface area contributed by atoms with Crippen LogP contribution >= 0.6 is 0 Å². The highest BCUT2D eigenvalue weighted by molar-refractivity contribution is 5.83. The zero-order valence-electron chi connectivity index (χ0n) is 20.8. The molecule has 0 radical (unpaired) electrons. The van der Waals surface area contributed by atoms with Crippen LogP contribution in [0.15, 0.2) is 77.6 Å². The second kappa shape index (κ2) is 10.3. The number of rotatable bonds is 9. The minimum absolute atomic E-state index is 0.153. The first-order valence-electron chi connectivity index (χ1n) is 12.2. The average molecular weight is 511 g/mol. The SMILES string of the molecule is COc1ccc(CN(Cc2cc3cc4c(cc3[nH]c2=O)OCO4)Cc2nnnn2Cc2ccccc2)cc1. The maximum absolute atomic E-state index is 13.1. The highest BCUT2D eigenvalue weighted by Crippen LogP contribution is 2.35. The standard InChI is InChI=1S/C28H26N6O4/c1-36-23-9-7-20(8-10-23)14-33(17-27-30-31-32-34(27)15-19-5-3-2-4-6-19)16-22-11-21-12-25-26(38-18-37-25)13-24(21)29-28(22)35/h2-13H,14-18H2,1H3,(H,29,35). The molecule has 10 heteroatoms. The summed E-state index contributed by atoms with van der Waals surface area (Å²) in [6.45, 7) is 2.16. The van der Waals surface area contributed by atoms with Gasteiger partial charge in [0.25, 0.3) is 5.56 Å². The summed E-state index contributed by atoms with van der Waals surface area (Å²) in [4.78, 5) is 18.2. The van der Waals surface area contributed by atoms with E-state index in [1.54, 1.807) is 17.9 Å². The number of methoxy groups -OCH3 is 1. The van der Waals surface area contributed by atoms with Crippen LogP contribution in [0.2, 0.25) is 0 Å². The topological polar surface area (TPSA) is 107 Å². The molecule has 1 aliphatic rings. The molecule has 1 aliphatic heterocycles. The number of nitrogens with one attached hydrogen (secondary N) is 1. The highest BCUT2D eigenvalue weighted by Gasteiger charge is 2.18. The molecule has 0 saturated heterocycles. The van der Waals surface area contributed by atoms with Crippen molar-refractivity contribution in [1.29, 1.82) is 0 Å². The predicted octanol–water partition coefficient (Wildman–Crippen LogP) is 3.50. The van der Waals surface area contributed by atoms with Gasteiger partial charge in [0.1, 0.15) is 5.75 Å². The van der Waals surface area contributed by atoms with Crippen molar-refractivity contribution in [2.24, 2.45) is 0 Å². The monoisotopic (exact) mass is 510 g/mol. The quantitative estimate of drug-likeness (QED) is 0.321. The lowest BCUT2D eigenvalue weighted by Crippen LogP contribution is -2.28. The molecule has 0 bridgehead atoms. The Kier molecular flexibility index (Phi) is 6.45. The first kappa shape index (κ1) is 23.7. The largest absolute Gasteiger partial charge is 0.497 e. The van der Waals surface area contributed by atoms with Crippen molar-refractivity contribution in [3.63, 3.8) is 0 Å². The Balaban J connectivity index is 1.30. The number of tetrazole rings is 1. The lowest BCUT2D eigenvalue weighted by molar-refractivity contribution is 0.174. The Morgan fingerprint density at radius 2 is 1.74 bits per heavy atom. The summed E-state index contributed by atoms with van der Waals surface area (Å²) in [5.41, 5.74) is 3.37. The number of hydrogen-bond acceptors (Lipinski definition) is 8. The van der Waals surface area contributed by atoms with Crippen LogP contribution < -0.4 is 19.8 Å². The highest BCUT2D eigenvalue weighted by atomic mass is 16.7. The van der Waals surface area contributed by atoms with Gasteiger partial charge in [-0.2, -0.15) is 0 Å². The van der Waals surface area contributed by atoms with Gasteiger partial charge in [-0.1, -0.05) is 42.5 Å². The van der Waals surface area contributed by atoms with Crippen molar-refractivity contribution in [3.05, 3.63) is 106 Å². The van der Waals surface area contributed by atoms with E-state index in [-0.39, 0.29) is 12.4 Å². The minimum Gasteiger partial charge on any atom is -0.497 e. The molecule has 38 heavy (non-hydrogen) atoms. The lowest BCUT2D eigenvalue weighted by atomic mass is 10.1. The van der Waals surface area contributed by atoms with Crippen molar-refractivity contribution < 1.29 is 14.2 Å². The fourth-order valence-corrected chi connectivity index (χ4v) is 4.57. The molecule has 0 amide bonds. The molecule has 2 aromatic heterocycles. The molecule has 0 saturated carbocycles. The van der Waals surface area contributed by atoms with Crippen molar-refractivity contribution >= 4 is 10.9 Å². The molecule has 192 valence electrons. The zero-order valence-corrected chi connectivity index (χ0v) is 20.8. The summed E-state index contributed by atoms with van der Waals surface area (Å²) in [6, 6.07) is 23.6. The lowest BCUT2D eigenvalue weighted by Gasteiger charge is -2.22. The molecular formula is C28H26N6O4. The second-order valence-electron chi connectivity index (χ2n) is 9.15. The van der Waals surface area contributed by atoms with E-state index >= 15 is 0 Å². The number of hydrogen-bond donors (Lipinski definition) is 1. The van der Waals surface area contributed by atoms with Crippen molar-refractivity contribution in [2.75, 3.05) is 13.9 Å². The number of ether oxygens (including phenoxy) is 3. The molecule has 0 aliphatic carbocycles. The third kappa shape index (κ3) is 5.07. The molecule has 6 rings (SSSR count). The van der Waals surface area contributed by atoms with Crippen LogP contribution in [0.4, 0.5) is 0 Å². The zero-order chi connectivity index (χ0) is 25.9. The molecule has 3 heterocycles. The van der Waals surface area contributed by atoms with E-state index in [1.165, 1.54) is 0 Å². The number of benzene rings is 3. The van der Waals surface area contributed by atoms with E-state index in [4.69, 9.17) is 14.2 Å². The molecule has 0 unspecified atom stereocenters. The number of pyridine rings is 1. The molecule has 0 spiro atoms. The van der Waals surface area contributed by atoms with Crippen LogP contribution in [0, 0.1) is 0 Å². The maximum atomic E-state index is 13.1. The smallest absolute Gasteiger partial charge is 0.252 e. The Labute approximate surface area is 218 Å². The van der Waals surface area contributed by atoms with Gasteiger partial charge in [0.15, 0.2) is 17.3 Å². The molecule has 1 N–H and O–H groups in total. The van der Waals surface area contributed by atoms with Crippen LogP contribution in [0.1, 0.15) is 22.5 Å². The molecule has 0 atom stereocenters. The maximum Gasteiger partial charge on any atom is 0.252 e. The van der Waals surface area contributed by atoms with Gasteiger partial charge in [-0.15, -0.1) is 5.10 Å². The van der Waals surface area contributed by atoms with Gasteiger partial charge in [0.2, 0.25) is 6.79 Å². The molecule has 5 aromatic rings. The third-order valence-corrected chi connectivity index (χ3v) is 6.52. The van der Waals surface area contributed by atoms with Gasteiger partial charge >= 0.3 is 0 Å². The van der Waals surface area contributed by atoms with Gasteiger partial charge < -0.3 is 19.2 Å². The second-order valence-corrected chi connectivity index (χ2v) is 9.15. The van der Waals surface area contributed by atoms with Crippen LogP contribution in [0.5, 0.6) is 17.2 Å². The van der Waals surface area contributed by atoms with Crippen LogP contribution in [0.3, 0.4) is 0 Å². The summed E-state index contributed by atoms with van der Waals surface area (Å²) < 4.78 is 18.1. The van der Waals surface area contributed by atoms with E-state index in [9.17, 15) is 4.79 Å². The van der Waals surface area contributed by atoms with Crippen LogP contribution in [-0.4, -0.2) is 44.0 Å². The predicted molar refractivity (Wildman–Crippen MR) is 140 cm³/mol. The number of H-pyrrole nitrogens is 1. The number of aromatic nitrogens is 5. The van der Waals surface area contributed by atoms with Gasteiger partial charge in [-0.05, 0) is 45.8 Å². The van der Waals surface area contributed by atoms with Crippen molar-refractivity contribution in [2.45, 2.75) is 26.2 Å². The third-order valence-electron chi connectivity index (χ3n) is 6.52. The Bertz CT molecular complexity index is 1610. The summed E-state index contributed by atoms with van der Waals surface area (Å²) >= 11 is 0. The molecule has 0 fully saturated rings. The van der Waals surface area contributed by atoms with E-state index in [0.717, 1.165) is 22.3 Å². The summed E-state index contributed by atoms with van der Waals surface area (Å²) in [7, 11) is 1.65. The fourth-order valence-electron chi connectivity index (χ4n) is 4.57. The average Bonchev–Trinajstić information content (AvgIpc) is 3.57. The van der Waals surface area contributed by atoms with E-state index in [2.05, 4.69) is 25.4 Å². The minimum atomic E-state index is -0.153. The molecular weight excluding hydrogens is 484 g/mol. The summed E-state index contributed by atoms with van der Waals surface area (Å²) in [5.74, 6) is 2.80. The molecule has 3 aromatic carbocycles. The van der Waals surface area contributed by atoms with Gasteiger partial charge in [0, 0.05) is 30.1 Å². The van der Waals surface area contributed by atoms with Crippen LogP contribution in [0.25, 0.3) is 10.9 Å².